The van der Waals surface area contributed by atoms with Crippen LogP contribution in [0.3, 0.4) is 0 Å². The maximum atomic E-state index is 12.8. The van der Waals surface area contributed by atoms with E-state index in [4.69, 9.17) is 4.74 Å². The van der Waals surface area contributed by atoms with E-state index in [9.17, 15) is 4.79 Å². The highest BCUT2D eigenvalue weighted by molar-refractivity contribution is 6.03. The Morgan fingerprint density at radius 3 is 2.86 bits per heavy atom. The van der Waals surface area contributed by atoms with Crippen molar-refractivity contribution < 1.29 is 9.53 Å². The van der Waals surface area contributed by atoms with E-state index >= 15 is 0 Å². The van der Waals surface area contributed by atoms with Gasteiger partial charge in [-0.3, -0.25) is 9.48 Å². The Morgan fingerprint density at radius 2 is 2.10 bits per heavy atom. The molecule has 0 bridgehead atoms. The maximum absolute atomic E-state index is 12.8. The quantitative estimate of drug-likeness (QED) is 0.720. The van der Waals surface area contributed by atoms with E-state index in [1.807, 2.05) is 30.3 Å². The maximum Gasteiger partial charge on any atom is 0.277 e. The van der Waals surface area contributed by atoms with Crippen molar-refractivity contribution in [2.75, 3.05) is 23.4 Å². The molecule has 8 nitrogen and oxygen atoms in total. The third-order valence-corrected chi connectivity index (χ3v) is 5.42. The fraction of sp³-hybridized carbons (Fsp3) is 0.333. The van der Waals surface area contributed by atoms with Crippen molar-refractivity contribution in [2.24, 2.45) is 5.41 Å². The molecule has 0 atom stereocenters. The van der Waals surface area contributed by atoms with Crippen molar-refractivity contribution in [1.29, 1.82) is 0 Å². The molecule has 1 saturated heterocycles. The Bertz CT molecular complexity index is 1040. The second-order valence-corrected chi connectivity index (χ2v) is 8.05. The van der Waals surface area contributed by atoms with Gasteiger partial charge in [0.1, 0.15) is 5.82 Å². The summed E-state index contributed by atoms with van der Waals surface area (Å²) in [5.41, 5.74) is 3.48. The summed E-state index contributed by atoms with van der Waals surface area (Å²) in [5, 5.41) is 11.2. The lowest BCUT2D eigenvalue weighted by Crippen LogP contribution is -2.43. The summed E-state index contributed by atoms with van der Waals surface area (Å²) in [4.78, 5) is 19.4. The van der Waals surface area contributed by atoms with Gasteiger partial charge in [0.25, 0.3) is 5.91 Å². The number of carbonyl (C=O) groups excluding carboxylic acids is 1. The smallest absolute Gasteiger partial charge is 0.277 e. The first kappa shape index (κ1) is 17.8. The minimum Gasteiger partial charge on any atom is -0.380 e. The Kier molecular flexibility index (Phi) is 4.28. The van der Waals surface area contributed by atoms with Gasteiger partial charge in [-0.1, -0.05) is 30.3 Å². The highest BCUT2D eigenvalue weighted by atomic mass is 16.5. The van der Waals surface area contributed by atoms with E-state index in [1.165, 1.54) is 5.56 Å². The van der Waals surface area contributed by atoms with Gasteiger partial charge in [-0.15, -0.1) is 5.10 Å². The van der Waals surface area contributed by atoms with Gasteiger partial charge in [-0.25, -0.2) is 4.98 Å². The third kappa shape index (κ3) is 3.47. The molecule has 0 aliphatic carbocycles. The Hall–Kier alpha value is -3.26. The van der Waals surface area contributed by atoms with Gasteiger partial charge in [0, 0.05) is 30.4 Å². The largest absolute Gasteiger partial charge is 0.380 e. The summed E-state index contributed by atoms with van der Waals surface area (Å²) >= 11 is 0. The van der Waals surface area contributed by atoms with E-state index in [0.29, 0.717) is 32.0 Å². The number of amides is 1. The van der Waals surface area contributed by atoms with Crippen LogP contribution in [-0.2, 0) is 24.4 Å². The number of hydrogen-bond donors (Lipinski definition) is 1. The average Bonchev–Trinajstić information content (AvgIpc) is 3.35. The third-order valence-electron chi connectivity index (χ3n) is 5.42. The van der Waals surface area contributed by atoms with Gasteiger partial charge >= 0.3 is 0 Å². The molecule has 0 unspecified atom stereocenters. The normalized spacial score (nSPS) is 16.9. The molecule has 5 rings (SSSR count). The van der Waals surface area contributed by atoms with Crippen LogP contribution in [-0.4, -0.2) is 39.1 Å². The Labute approximate surface area is 168 Å². The predicted molar refractivity (Wildman–Crippen MR) is 107 cm³/mol. The van der Waals surface area contributed by atoms with Crippen LogP contribution in [0.4, 0.5) is 11.5 Å². The summed E-state index contributed by atoms with van der Waals surface area (Å²) in [7, 11) is 0. The lowest BCUT2D eigenvalue weighted by atomic mass is 9.89. The molecule has 1 N–H and O–H groups in total. The zero-order valence-electron chi connectivity index (χ0n) is 16.2. The molecule has 0 saturated carbocycles. The minimum absolute atomic E-state index is 0.0661. The van der Waals surface area contributed by atoms with Crippen molar-refractivity contribution in [3.8, 4) is 0 Å². The van der Waals surface area contributed by atoms with Crippen LogP contribution in [0.1, 0.15) is 28.5 Å². The number of anilines is 2. The van der Waals surface area contributed by atoms with Gasteiger partial charge in [0.2, 0.25) is 0 Å². The van der Waals surface area contributed by atoms with Crippen LogP contribution in [0.15, 0.2) is 48.8 Å². The second-order valence-electron chi connectivity index (χ2n) is 8.05. The van der Waals surface area contributed by atoms with E-state index in [-0.39, 0.29) is 11.3 Å². The summed E-state index contributed by atoms with van der Waals surface area (Å²) in [5.74, 6) is 0.674. The molecule has 2 aliphatic heterocycles. The molecule has 3 aromatic rings. The highest BCUT2D eigenvalue weighted by Gasteiger charge is 2.34. The van der Waals surface area contributed by atoms with Gasteiger partial charge in [0.15, 0.2) is 5.69 Å². The van der Waals surface area contributed by atoms with E-state index in [0.717, 1.165) is 23.6 Å². The summed E-state index contributed by atoms with van der Waals surface area (Å²) in [6, 6.07) is 11.9. The zero-order chi connectivity index (χ0) is 19.8. The Morgan fingerprint density at radius 1 is 1.21 bits per heavy atom. The van der Waals surface area contributed by atoms with Gasteiger partial charge < -0.3 is 15.0 Å². The predicted octanol–water partition coefficient (Wildman–Crippen LogP) is 2.48. The molecule has 148 valence electrons. The molecule has 2 aliphatic rings. The number of fused-ring (bicyclic) bond motifs is 1. The summed E-state index contributed by atoms with van der Waals surface area (Å²) in [6.45, 7) is 5.71. The van der Waals surface area contributed by atoms with Crippen molar-refractivity contribution >= 4 is 17.4 Å². The lowest BCUT2D eigenvalue weighted by molar-refractivity contribution is -0.111. The number of pyridine rings is 1. The lowest BCUT2D eigenvalue weighted by Gasteiger charge is -2.37. The molecular weight excluding hydrogens is 368 g/mol. The summed E-state index contributed by atoms with van der Waals surface area (Å²) in [6.07, 6.45) is 3.49. The first-order valence-electron chi connectivity index (χ1n) is 9.66. The SMILES string of the molecule is CC1(Cn2cc(C(=O)Nc3cccc4c3CN(c3ccccn3)C4)nn2)COC1. The monoisotopic (exact) mass is 390 g/mol. The molecule has 2 aromatic heterocycles. The van der Waals surface area contributed by atoms with Crippen molar-refractivity contribution in [2.45, 2.75) is 26.6 Å². The van der Waals surface area contributed by atoms with Crippen LogP contribution in [0.2, 0.25) is 0 Å². The fourth-order valence-corrected chi connectivity index (χ4v) is 3.84. The molecule has 1 aromatic carbocycles. The topological polar surface area (TPSA) is 85.2 Å². The number of carbonyl (C=O) groups is 1. The number of nitrogens with zero attached hydrogens (tertiary/aromatic N) is 5. The number of hydrogen-bond acceptors (Lipinski definition) is 6. The van der Waals surface area contributed by atoms with Crippen LogP contribution in [0.5, 0.6) is 0 Å². The van der Waals surface area contributed by atoms with Crippen molar-refractivity contribution in [3.05, 3.63) is 65.6 Å². The van der Waals surface area contributed by atoms with Crippen LogP contribution >= 0.6 is 0 Å². The van der Waals surface area contributed by atoms with Crippen molar-refractivity contribution in [1.82, 2.24) is 20.0 Å². The molecule has 1 fully saturated rings. The van der Waals surface area contributed by atoms with E-state index < -0.39 is 0 Å². The molecule has 0 spiro atoms. The molecule has 29 heavy (non-hydrogen) atoms. The van der Waals surface area contributed by atoms with Crippen LogP contribution < -0.4 is 10.2 Å². The molecule has 4 heterocycles. The van der Waals surface area contributed by atoms with Gasteiger partial charge in [0.05, 0.1) is 26.0 Å². The minimum atomic E-state index is -0.254. The van der Waals surface area contributed by atoms with Gasteiger partial charge in [-0.2, -0.15) is 0 Å². The van der Waals surface area contributed by atoms with Crippen LogP contribution in [0, 0.1) is 5.41 Å². The standard InChI is InChI=1S/C21H22N6O2/c1-21(13-29-14-21)12-27-11-18(24-25-27)20(28)23-17-6-4-5-15-9-26(10-16(15)17)19-7-2-3-8-22-19/h2-8,11H,9-10,12-14H2,1H3,(H,23,28). The second kappa shape index (κ2) is 6.97. The number of aromatic nitrogens is 4. The van der Waals surface area contributed by atoms with Crippen molar-refractivity contribution in [3.63, 3.8) is 0 Å². The zero-order valence-corrected chi connectivity index (χ0v) is 16.2. The first-order chi connectivity index (χ1) is 14.1. The van der Waals surface area contributed by atoms with E-state index in [2.05, 4.69) is 38.5 Å². The molecule has 0 radical (unpaired) electrons. The molecule has 8 heteroatoms. The number of nitrogens with one attached hydrogen (secondary N) is 1. The summed E-state index contributed by atoms with van der Waals surface area (Å²) < 4.78 is 7.00. The average molecular weight is 390 g/mol. The first-order valence-corrected chi connectivity index (χ1v) is 9.66. The highest BCUT2D eigenvalue weighted by Crippen LogP contribution is 2.32. The molecular formula is C21H22N6O2. The van der Waals surface area contributed by atoms with Crippen LogP contribution in [0.25, 0.3) is 0 Å². The number of rotatable bonds is 5. The molecule has 1 amide bonds. The fourth-order valence-electron chi connectivity index (χ4n) is 3.84. The number of ether oxygens (including phenoxy) is 1. The Balaban J connectivity index is 1.30. The van der Waals surface area contributed by atoms with Gasteiger partial charge in [-0.05, 0) is 29.3 Å². The van der Waals surface area contributed by atoms with E-state index in [1.54, 1.807) is 17.1 Å². The number of benzene rings is 1.